The maximum Gasteiger partial charge on any atom is 0.271 e. The first-order valence-electron chi connectivity index (χ1n) is 9.70. The molecule has 0 spiro atoms. The number of amides is 2. The van der Waals surface area contributed by atoms with Gasteiger partial charge < -0.3 is 15.2 Å². The Hall–Kier alpha value is -2.83. The van der Waals surface area contributed by atoms with Crippen molar-refractivity contribution in [3.8, 4) is 0 Å². The quantitative estimate of drug-likeness (QED) is 0.679. The van der Waals surface area contributed by atoms with Crippen LogP contribution in [-0.2, 0) is 11.3 Å². The number of nitrogens with one attached hydrogen (secondary N) is 2. The molecule has 0 saturated carbocycles. The van der Waals surface area contributed by atoms with E-state index >= 15 is 0 Å². The Labute approximate surface area is 174 Å². The van der Waals surface area contributed by atoms with E-state index in [4.69, 9.17) is 11.6 Å². The van der Waals surface area contributed by atoms with Gasteiger partial charge in [-0.05, 0) is 11.6 Å². The van der Waals surface area contributed by atoms with Crippen LogP contribution >= 0.6 is 11.6 Å². The van der Waals surface area contributed by atoms with Crippen molar-refractivity contribution in [1.82, 2.24) is 20.1 Å². The van der Waals surface area contributed by atoms with Crippen molar-refractivity contribution in [2.45, 2.75) is 6.54 Å². The number of para-hydroxylation sites is 1. The van der Waals surface area contributed by atoms with Gasteiger partial charge in [0.2, 0.25) is 5.91 Å². The van der Waals surface area contributed by atoms with E-state index in [-0.39, 0.29) is 11.8 Å². The predicted molar refractivity (Wildman–Crippen MR) is 114 cm³/mol. The van der Waals surface area contributed by atoms with Crippen LogP contribution in [0.25, 0.3) is 10.9 Å². The SMILES string of the molecule is O=C(CN1CCN(C(=O)c2[nH]c3ccccc3c2Cl)CC1)NCc1ccccc1. The Morgan fingerprint density at radius 2 is 1.66 bits per heavy atom. The molecule has 2 N–H and O–H groups in total. The van der Waals surface area contributed by atoms with Gasteiger partial charge in [-0.15, -0.1) is 0 Å². The number of benzene rings is 2. The van der Waals surface area contributed by atoms with E-state index in [9.17, 15) is 9.59 Å². The molecule has 2 amide bonds. The lowest BCUT2D eigenvalue weighted by Crippen LogP contribution is -2.51. The molecule has 1 aromatic heterocycles. The van der Waals surface area contributed by atoms with E-state index in [1.165, 1.54) is 0 Å². The van der Waals surface area contributed by atoms with Crippen molar-refractivity contribution in [1.29, 1.82) is 0 Å². The fourth-order valence-electron chi connectivity index (χ4n) is 3.58. The molecule has 0 radical (unpaired) electrons. The van der Waals surface area contributed by atoms with Crippen LogP contribution in [-0.4, -0.2) is 59.3 Å². The summed E-state index contributed by atoms with van der Waals surface area (Å²) in [6.07, 6.45) is 0. The molecular formula is C22H23ClN4O2. The maximum atomic E-state index is 12.9. The molecule has 3 aromatic rings. The highest BCUT2D eigenvalue weighted by Gasteiger charge is 2.26. The molecule has 1 saturated heterocycles. The first-order valence-corrected chi connectivity index (χ1v) is 10.1. The lowest BCUT2D eigenvalue weighted by Gasteiger charge is -2.34. The number of hydrogen-bond acceptors (Lipinski definition) is 3. The first kappa shape index (κ1) is 19.5. The summed E-state index contributed by atoms with van der Waals surface area (Å²) < 4.78 is 0. The molecule has 0 bridgehead atoms. The second kappa shape index (κ2) is 8.68. The minimum atomic E-state index is -0.0978. The molecule has 4 rings (SSSR count). The number of rotatable bonds is 5. The Kier molecular flexibility index (Phi) is 5.83. The van der Waals surface area contributed by atoms with Gasteiger partial charge in [0.15, 0.2) is 0 Å². The van der Waals surface area contributed by atoms with Gasteiger partial charge in [-0.3, -0.25) is 14.5 Å². The average Bonchev–Trinajstić information content (AvgIpc) is 3.10. The minimum absolute atomic E-state index is 0.00714. The lowest BCUT2D eigenvalue weighted by molar-refractivity contribution is -0.122. The number of nitrogens with zero attached hydrogens (tertiary/aromatic N) is 2. The van der Waals surface area contributed by atoms with Gasteiger partial charge in [-0.25, -0.2) is 0 Å². The lowest BCUT2D eigenvalue weighted by atomic mass is 10.2. The monoisotopic (exact) mass is 410 g/mol. The summed E-state index contributed by atoms with van der Waals surface area (Å²) in [6.45, 7) is 3.30. The molecule has 6 nitrogen and oxygen atoms in total. The van der Waals surface area contributed by atoms with Gasteiger partial charge in [0.1, 0.15) is 5.69 Å². The van der Waals surface area contributed by atoms with Crippen LogP contribution in [0.4, 0.5) is 0 Å². The van der Waals surface area contributed by atoms with E-state index in [1.54, 1.807) is 4.90 Å². The molecule has 0 atom stereocenters. The Balaban J connectivity index is 1.29. The van der Waals surface area contributed by atoms with E-state index in [2.05, 4.69) is 15.2 Å². The first-order chi connectivity index (χ1) is 14.1. The molecular weight excluding hydrogens is 388 g/mol. The molecule has 0 aliphatic carbocycles. The van der Waals surface area contributed by atoms with Crippen LogP contribution in [0.15, 0.2) is 54.6 Å². The highest BCUT2D eigenvalue weighted by molar-refractivity contribution is 6.38. The molecule has 2 heterocycles. The highest BCUT2D eigenvalue weighted by atomic mass is 35.5. The summed E-state index contributed by atoms with van der Waals surface area (Å²) in [7, 11) is 0. The zero-order chi connectivity index (χ0) is 20.2. The number of piperazine rings is 1. The van der Waals surface area contributed by atoms with Crippen LogP contribution in [0.2, 0.25) is 5.02 Å². The standard InChI is InChI=1S/C22H23ClN4O2/c23-20-17-8-4-5-9-18(17)25-21(20)22(29)27-12-10-26(11-13-27)15-19(28)24-14-16-6-2-1-3-7-16/h1-9,25H,10-15H2,(H,24,28). The second-order valence-corrected chi connectivity index (χ2v) is 7.57. The molecule has 150 valence electrons. The molecule has 7 heteroatoms. The third-order valence-corrected chi connectivity index (χ3v) is 5.61. The minimum Gasteiger partial charge on any atom is -0.351 e. The third-order valence-electron chi connectivity index (χ3n) is 5.22. The van der Waals surface area contributed by atoms with Gasteiger partial charge in [-0.2, -0.15) is 0 Å². The maximum absolute atomic E-state index is 12.9. The Morgan fingerprint density at radius 1 is 0.966 bits per heavy atom. The van der Waals surface area contributed by atoms with Crippen LogP contribution < -0.4 is 5.32 Å². The number of fused-ring (bicyclic) bond motifs is 1. The Bertz CT molecular complexity index is 1010. The third kappa shape index (κ3) is 4.44. The summed E-state index contributed by atoms with van der Waals surface area (Å²) in [5.41, 5.74) is 2.36. The zero-order valence-corrected chi connectivity index (χ0v) is 16.8. The smallest absolute Gasteiger partial charge is 0.271 e. The van der Waals surface area contributed by atoms with Crippen LogP contribution in [0, 0.1) is 0 Å². The second-order valence-electron chi connectivity index (χ2n) is 7.19. The highest BCUT2D eigenvalue weighted by Crippen LogP contribution is 2.28. The van der Waals surface area contributed by atoms with E-state index in [0.717, 1.165) is 16.5 Å². The number of aromatic amines is 1. The number of hydrogen-bond donors (Lipinski definition) is 2. The van der Waals surface area contributed by atoms with Gasteiger partial charge in [-0.1, -0.05) is 60.1 Å². The van der Waals surface area contributed by atoms with Gasteiger partial charge >= 0.3 is 0 Å². The molecule has 2 aromatic carbocycles. The molecule has 1 aliphatic rings. The van der Waals surface area contributed by atoms with Crippen molar-refractivity contribution >= 4 is 34.3 Å². The Morgan fingerprint density at radius 3 is 2.38 bits per heavy atom. The number of carbonyl (C=O) groups excluding carboxylic acids is 2. The number of carbonyl (C=O) groups is 2. The van der Waals surface area contributed by atoms with Gasteiger partial charge in [0.05, 0.1) is 11.6 Å². The van der Waals surface area contributed by atoms with E-state index < -0.39 is 0 Å². The van der Waals surface area contributed by atoms with Gasteiger partial charge in [0, 0.05) is 43.6 Å². The van der Waals surface area contributed by atoms with Crippen LogP contribution in [0.1, 0.15) is 16.1 Å². The number of aromatic nitrogens is 1. The number of H-pyrrole nitrogens is 1. The van der Waals surface area contributed by atoms with Gasteiger partial charge in [0.25, 0.3) is 5.91 Å². The molecule has 1 aliphatic heterocycles. The fraction of sp³-hybridized carbons (Fsp3) is 0.273. The predicted octanol–water partition coefficient (Wildman–Crippen LogP) is 2.90. The zero-order valence-electron chi connectivity index (χ0n) is 16.0. The summed E-state index contributed by atoms with van der Waals surface area (Å²) in [5.74, 6) is -0.105. The van der Waals surface area contributed by atoms with Crippen molar-refractivity contribution in [3.63, 3.8) is 0 Å². The van der Waals surface area contributed by atoms with Crippen molar-refractivity contribution in [3.05, 3.63) is 70.9 Å². The summed E-state index contributed by atoms with van der Waals surface area (Å²) in [5, 5.41) is 4.26. The largest absolute Gasteiger partial charge is 0.351 e. The van der Waals surface area contributed by atoms with Crippen LogP contribution in [0.3, 0.4) is 0 Å². The molecule has 0 unspecified atom stereocenters. The van der Waals surface area contributed by atoms with Crippen molar-refractivity contribution < 1.29 is 9.59 Å². The van der Waals surface area contributed by atoms with Crippen molar-refractivity contribution in [2.24, 2.45) is 0 Å². The van der Waals surface area contributed by atoms with Crippen molar-refractivity contribution in [2.75, 3.05) is 32.7 Å². The van der Waals surface area contributed by atoms with E-state index in [1.807, 2.05) is 54.6 Å². The fourth-order valence-corrected chi connectivity index (χ4v) is 3.87. The molecule has 29 heavy (non-hydrogen) atoms. The summed E-state index contributed by atoms with van der Waals surface area (Å²) in [4.78, 5) is 32.1. The molecule has 1 fully saturated rings. The van der Waals surface area contributed by atoms with E-state index in [0.29, 0.717) is 50.0 Å². The summed E-state index contributed by atoms with van der Waals surface area (Å²) in [6, 6.07) is 17.5. The summed E-state index contributed by atoms with van der Waals surface area (Å²) >= 11 is 6.41. The normalized spacial score (nSPS) is 14.9. The topological polar surface area (TPSA) is 68.4 Å². The average molecular weight is 411 g/mol. The van der Waals surface area contributed by atoms with Crippen LogP contribution in [0.5, 0.6) is 0 Å². The number of halogens is 1.